The minimum Gasteiger partial charge on any atom is -0.480 e. The average Bonchev–Trinajstić information content (AvgIpc) is 2.76. The Balaban J connectivity index is 0.000000179. The summed E-state index contributed by atoms with van der Waals surface area (Å²) in [5.74, 6) is -2.54. The second-order valence-corrected chi connectivity index (χ2v) is 26.6. The number of nitrogens with one attached hydrogen (secondary N) is 3. The zero-order valence-corrected chi connectivity index (χ0v) is 50.2. The van der Waals surface area contributed by atoms with E-state index in [1.165, 1.54) is 75.3 Å². The van der Waals surface area contributed by atoms with Crippen LogP contribution in [0, 0.1) is 0 Å². The number of pyridine rings is 3. The van der Waals surface area contributed by atoms with Gasteiger partial charge in [-0.05, 0) is 74.9 Å². The van der Waals surface area contributed by atoms with Crippen molar-refractivity contribution in [1.82, 2.24) is 29.1 Å². The Kier molecular flexibility index (Phi) is 20.4. The molecule has 9 rings (SSSR count). The summed E-state index contributed by atoms with van der Waals surface area (Å²) in [5.41, 5.74) is 17.7. The number of nitrogens with zero attached hydrogens (tertiary/aromatic N) is 5. The number of hydrogen-bond donors (Lipinski definition) is 8. The number of carboxylic acids is 1. The minimum absolute atomic E-state index is 0.00943. The number of aliphatic carboxylic acids is 1. The highest BCUT2D eigenvalue weighted by Gasteiger charge is 2.46. The fourth-order valence-corrected chi connectivity index (χ4v) is 15.5. The van der Waals surface area contributed by atoms with Crippen LogP contribution in [0.4, 0.5) is 11.6 Å². The molecule has 3 aromatic heterocycles. The average molecular weight is 1280 g/mol. The van der Waals surface area contributed by atoms with E-state index in [0.29, 0.717) is 85.9 Å². The maximum atomic E-state index is 13.1. The fourth-order valence-electron chi connectivity index (χ4n) is 10.3. The first kappa shape index (κ1) is 64.3. The topological polar surface area (TPSA) is 396 Å². The standard InChI is InChI=1S/C18H22ClN5O4S.C17H18Cl2N2O4S.C17H20ClN5O4S/c1-28-16(25)18(7-3-2-4-8-18)24-29(26,27)11-5-6-12-13(9-11)15(23-17(20)21)22-10-14(12)19;1-25-16(22)17(7-3-2-4-8-17)21-26(23,24)11-5-6-12-13(9-11)15(19)20-10-14(12)18;18-13-9-21-14(22-16(19)20)12-8-10(4-5-11(12)13)28(26,27)23-17(15(24)25)6-2-1-3-7-17/h5-6,9-10,24H,2-4,7-8H2,1H3,(H4,20,21,22,23);5-6,9-10,21H,2-4,7-8H2,1H3;4-5,8-9,23H,1-3,6-7H2,(H,24,25)(H4,19,20,21,22). The zero-order valence-electron chi connectivity index (χ0n) is 44.8. The molecule has 0 atom stereocenters. The number of ether oxygens (including phenoxy) is 2. The second kappa shape index (κ2) is 26.3. The Morgan fingerprint density at radius 1 is 0.482 bits per heavy atom. The lowest BCUT2D eigenvalue weighted by Gasteiger charge is -2.34. The summed E-state index contributed by atoms with van der Waals surface area (Å²) >= 11 is 24.5. The van der Waals surface area contributed by atoms with E-state index >= 15 is 0 Å². The number of aliphatic imine (C=N–C) groups is 2. The monoisotopic (exact) mass is 1280 g/mol. The molecule has 6 aromatic rings. The molecule has 12 N–H and O–H groups in total. The number of rotatable bonds is 14. The van der Waals surface area contributed by atoms with Gasteiger partial charge >= 0.3 is 17.9 Å². The van der Waals surface area contributed by atoms with Crippen LogP contribution in [-0.2, 0) is 53.9 Å². The zero-order chi connectivity index (χ0) is 60.7. The summed E-state index contributed by atoms with van der Waals surface area (Å²) in [6.07, 6.45) is 13.2. The van der Waals surface area contributed by atoms with E-state index in [9.17, 15) is 44.7 Å². The smallest absolute Gasteiger partial charge is 0.327 e. The van der Waals surface area contributed by atoms with Gasteiger partial charge in [0.25, 0.3) is 0 Å². The van der Waals surface area contributed by atoms with Crippen LogP contribution < -0.4 is 37.1 Å². The van der Waals surface area contributed by atoms with E-state index in [-0.39, 0.29) is 56.2 Å². The summed E-state index contributed by atoms with van der Waals surface area (Å²) in [4.78, 5) is 56.2. The molecule has 31 heteroatoms. The molecular weight excluding hydrogens is 1220 g/mol. The molecule has 3 aliphatic carbocycles. The lowest BCUT2D eigenvalue weighted by Crippen LogP contribution is -2.55. The van der Waals surface area contributed by atoms with Gasteiger partial charge in [0, 0.05) is 50.9 Å². The quantitative estimate of drug-likeness (QED) is 0.0226. The van der Waals surface area contributed by atoms with Crippen LogP contribution >= 0.6 is 46.4 Å². The number of guanidine groups is 2. The van der Waals surface area contributed by atoms with Crippen molar-refractivity contribution in [3.05, 3.63) is 93.4 Å². The third kappa shape index (κ3) is 14.6. The lowest BCUT2D eigenvalue weighted by molar-refractivity contribution is -0.149. The van der Waals surface area contributed by atoms with Gasteiger partial charge in [0.05, 0.1) is 44.0 Å². The first-order valence-electron chi connectivity index (χ1n) is 25.7. The maximum Gasteiger partial charge on any atom is 0.327 e. The first-order valence-corrected chi connectivity index (χ1v) is 31.7. The van der Waals surface area contributed by atoms with E-state index in [4.69, 9.17) is 78.8 Å². The van der Waals surface area contributed by atoms with Crippen molar-refractivity contribution < 1.29 is 54.2 Å². The van der Waals surface area contributed by atoms with Crippen LogP contribution in [0.3, 0.4) is 0 Å². The Hall–Kier alpha value is -6.27. The number of nitrogens with two attached hydrogens (primary N) is 4. The molecule has 0 bridgehead atoms. The van der Waals surface area contributed by atoms with Gasteiger partial charge in [0.1, 0.15) is 21.8 Å². The predicted octanol–water partition coefficient (Wildman–Crippen LogP) is 7.50. The van der Waals surface area contributed by atoms with E-state index in [1.54, 1.807) is 12.1 Å². The van der Waals surface area contributed by atoms with Gasteiger partial charge < -0.3 is 37.5 Å². The van der Waals surface area contributed by atoms with Crippen molar-refractivity contribution in [3.63, 3.8) is 0 Å². The molecule has 24 nitrogen and oxygen atoms in total. The highest BCUT2D eigenvalue weighted by molar-refractivity contribution is 7.90. The second-order valence-electron chi connectivity index (χ2n) is 20.0. The van der Waals surface area contributed by atoms with Crippen LogP contribution in [0.25, 0.3) is 32.3 Å². The number of halogens is 4. The van der Waals surface area contributed by atoms with E-state index < -0.39 is 64.6 Å². The predicted molar refractivity (Wildman–Crippen MR) is 316 cm³/mol. The van der Waals surface area contributed by atoms with Gasteiger partial charge in [-0.15, -0.1) is 0 Å². The normalized spacial score (nSPS) is 16.7. The number of carbonyl (C=O) groups excluding carboxylic acids is 2. The van der Waals surface area contributed by atoms with Crippen LogP contribution in [0.1, 0.15) is 96.3 Å². The molecular formula is C52H60Cl4N12O12S3. The molecule has 0 saturated heterocycles. The van der Waals surface area contributed by atoms with Crippen LogP contribution in [0.2, 0.25) is 20.2 Å². The largest absolute Gasteiger partial charge is 0.480 e. The number of methoxy groups -OCH3 is 2. The lowest BCUT2D eigenvalue weighted by atomic mass is 9.83. The van der Waals surface area contributed by atoms with Crippen LogP contribution in [0.15, 0.2) is 97.9 Å². The molecule has 3 aromatic carbocycles. The number of aromatic nitrogens is 3. The molecule has 83 heavy (non-hydrogen) atoms. The van der Waals surface area contributed by atoms with Crippen molar-refractivity contribution >= 4 is 150 Å². The molecule has 3 heterocycles. The third-order valence-corrected chi connectivity index (χ3v) is 20.2. The Labute approximate surface area is 498 Å². The molecule has 3 aliphatic rings. The molecule has 446 valence electrons. The molecule has 3 saturated carbocycles. The minimum atomic E-state index is -4.13. The third-order valence-electron chi connectivity index (χ3n) is 14.4. The molecule has 0 amide bonds. The summed E-state index contributed by atoms with van der Waals surface area (Å²) in [6.45, 7) is 0. The van der Waals surface area contributed by atoms with Crippen molar-refractivity contribution in [1.29, 1.82) is 0 Å². The summed E-state index contributed by atoms with van der Waals surface area (Å²) < 4.78 is 95.4. The highest BCUT2D eigenvalue weighted by Crippen LogP contribution is 2.38. The van der Waals surface area contributed by atoms with Crippen LogP contribution in [-0.4, -0.2) is 106 Å². The van der Waals surface area contributed by atoms with Gasteiger partial charge in [0.2, 0.25) is 30.1 Å². The van der Waals surface area contributed by atoms with E-state index in [2.05, 4.69) is 39.1 Å². The van der Waals surface area contributed by atoms with Crippen molar-refractivity contribution in [3.8, 4) is 0 Å². The first-order chi connectivity index (χ1) is 39.1. The number of sulfonamides is 3. The molecule has 0 unspecified atom stereocenters. The van der Waals surface area contributed by atoms with Gasteiger partial charge in [-0.1, -0.05) is 122 Å². The van der Waals surface area contributed by atoms with E-state index in [0.717, 1.165) is 44.9 Å². The fraction of sp³-hybridized carbons (Fsp3) is 0.385. The summed E-state index contributed by atoms with van der Waals surface area (Å²) in [6, 6.07) is 12.9. The SMILES string of the molecule is COC(=O)C1(NS(=O)(=O)c2ccc3c(Cl)cnc(Cl)c3c2)CCCCC1.COC(=O)C1(NS(=O)(=O)c2ccc3c(Cl)cnc(N=C(N)N)c3c2)CCCCC1.NC(N)=Nc1ncc(Cl)c2ccc(S(=O)(=O)NC3(C(=O)O)CCCCC3)cc12. The Bertz CT molecular complexity index is 3890. The summed E-state index contributed by atoms with van der Waals surface area (Å²) in [7, 11) is -9.65. The van der Waals surface area contributed by atoms with Crippen molar-refractivity contribution in [2.24, 2.45) is 32.9 Å². The Morgan fingerprint density at radius 2 is 0.783 bits per heavy atom. The molecule has 3 fully saturated rings. The van der Waals surface area contributed by atoms with Gasteiger partial charge in [-0.2, -0.15) is 24.2 Å². The van der Waals surface area contributed by atoms with Crippen LogP contribution in [0.5, 0.6) is 0 Å². The Morgan fingerprint density at radius 3 is 1.11 bits per heavy atom. The van der Waals surface area contributed by atoms with Crippen molar-refractivity contribution in [2.75, 3.05) is 14.2 Å². The highest BCUT2D eigenvalue weighted by atomic mass is 35.5. The number of fused-ring (bicyclic) bond motifs is 3. The van der Waals surface area contributed by atoms with Crippen molar-refractivity contribution in [2.45, 2.75) is 128 Å². The number of hydrogen-bond acceptors (Lipinski definition) is 16. The number of benzene rings is 3. The molecule has 0 radical (unpaired) electrons. The van der Waals surface area contributed by atoms with Gasteiger partial charge in [-0.25, -0.2) is 40.2 Å². The van der Waals surface area contributed by atoms with Gasteiger partial charge in [0.15, 0.2) is 23.6 Å². The maximum absolute atomic E-state index is 13.1. The van der Waals surface area contributed by atoms with Gasteiger partial charge in [-0.3, -0.25) is 14.4 Å². The number of carboxylic acid groups (broad SMARTS) is 1. The van der Waals surface area contributed by atoms with E-state index in [1.807, 2.05) is 0 Å². The molecule has 0 spiro atoms. The number of carbonyl (C=O) groups is 3. The molecule has 0 aliphatic heterocycles. The number of esters is 2. The summed E-state index contributed by atoms with van der Waals surface area (Å²) in [5, 5.41) is 13.6.